The molecule has 1 heterocycles. The van der Waals surface area contributed by atoms with Crippen molar-refractivity contribution < 1.29 is 4.79 Å². The van der Waals surface area contributed by atoms with Gasteiger partial charge in [-0.1, -0.05) is 13.8 Å². The van der Waals surface area contributed by atoms with E-state index in [9.17, 15) is 4.79 Å². The van der Waals surface area contributed by atoms with Gasteiger partial charge in [-0.25, -0.2) is 0 Å². The van der Waals surface area contributed by atoms with Gasteiger partial charge in [0.15, 0.2) is 0 Å². The summed E-state index contributed by atoms with van der Waals surface area (Å²) in [5.41, 5.74) is 4.96. The minimum atomic E-state index is -0.553. The number of rotatable bonds is 9. The highest BCUT2D eigenvalue weighted by Crippen LogP contribution is 2.15. The summed E-state index contributed by atoms with van der Waals surface area (Å²) in [6.45, 7) is 11.6. The van der Waals surface area contributed by atoms with Crippen molar-refractivity contribution in [2.75, 3.05) is 39.8 Å². The fourth-order valence-electron chi connectivity index (χ4n) is 3.16. The molecule has 2 atom stereocenters. The number of nitrogens with two attached hydrogens (primary N) is 1. The largest absolute Gasteiger partial charge is 0.368 e. The Bertz CT molecular complexity index is 323. The summed E-state index contributed by atoms with van der Waals surface area (Å²) < 4.78 is 0. The van der Waals surface area contributed by atoms with Crippen LogP contribution in [0.2, 0.25) is 0 Å². The van der Waals surface area contributed by atoms with E-state index in [0.717, 1.165) is 45.4 Å². The summed E-state index contributed by atoms with van der Waals surface area (Å²) in [7, 11) is 2.22. The molecule has 0 spiro atoms. The first-order valence-corrected chi connectivity index (χ1v) is 8.40. The van der Waals surface area contributed by atoms with Gasteiger partial charge in [-0.2, -0.15) is 0 Å². The topological polar surface area (TPSA) is 61.6 Å². The Hall–Kier alpha value is -0.650. The van der Waals surface area contributed by atoms with Crippen molar-refractivity contribution in [2.24, 2.45) is 5.73 Å². The maximum absolute atomic E-state index is 11.6. The second-order valence-corrected chi connectivity index (χ2v) is 6.53. The first kappa shape index (κ1) is 18.4. The van der Waals surface area contributed by atoms with E-state index in [4.69, 9.17) is 5.73 Å². The number of nitrogens with one attached hydrogen (secondary N) is 1. The van der Waals surface area contributed by atoms with Crippen LogP contribution in [0.15, 0.2) is 0 Å². The smallest absolute Gasteiger partial charge is 0.237 e. The minimum absolute atomic E-state index is 0.241. The number of amides is 1. The van der Waals surface area contributed by atoms with Crippen molar-refractivity contribution >= 4 is 5.91 Å². The second kappa shape index (κ2) is 8.71. The van der Waals surface area contributed by atoms with Crippen molar-refractivity contribution in [3.8, 4) is 0 Å². The highest BCUT2D eigenvalue weighted by molar-refractivity contribution is 5.84. The highest BCUT2D eigenvalue weighted by Gasteiger charge is 2.29. The van der Waals surface area contributed by atoms with Crippen LogP contribution in [0.4, 0.5) is 0 Å². The van der Waals surface area contributed by atoms with Gasteiger partial charge in [0, 0.05) is 25.7 Å². The Kier molecular flexibility index (Phi) is 7.63. The lowest BCUT2D eigenvalue weighted by Gasteiger charge is -2.39. The maximum Gasteiger partial charge on any atom is 0.237 e. The first-order chi connectivity index (χ1) is 9.92. The number of piperazine rings is 1. The van der Waals surface area contributed by atoms with Gasteiger partial charge in [-0.15, -0.1) is 0 Å². The Labute approximate surface area is 130 Å². The van der Waals surface area contributed by atoms with Crippen LogP contribution in [0.5, 0.6) is 0 Å². The van der Waals surface area contributed by atoms with Crippen molar-refractivity contribution in [3.05, 3.63) is 0 Å². The molecule has 1 aliphatic rings. The van der Waals surface area contributed by atoms with E-state index in [1.54, 1.807) is 0 Å². The predicted molar refractivity (Wildman–Crippen MR) is 88.3 cm³/mol. The molecule has 0 aliphatic carbocycles. The molecule has 0 saturated carbocycles. The molecule has 2 unspecified atom stereocenters. The van der Waals surface area contributed by atoms with E-state index in [-0.39, 0.29) is 5.91 Å². The number of hydrogen-bond acceptors (Lipinski definition) is 4. The summed E-state index contributed by atoms with van der Waals surface area (Å²) in [4.78, 5) is 16.6. The summed E-state index contributed by atoms with van der Waals surface area (Å²) in [6, 6.07) is 0.691. The van der Waals surface area contributed by atoms with Crippen LogP contribution in [-0.2, 0) is 4.79 Å². The Morgan fingerprint density at radius 2 is 2.05 bits per heavy atom. The van der Waals surface area contributed by atoms with Crippen LogP contribution in [0.1, 0.15) is 46.5 Å². The average molecular weight is 298 g/mol. The first-order valence-electron chi connectivity index (χ1n) is 8.40. The molecule has 1 aliphatic heterocycles. The zero-order valence-electron chi connectivity index (χ0n) is 14.3. The Morgan fingerprint density at radius 3 is 2.62 bits per heavy atom. The molecule has 0 bridgehead atoms. The van der Waals surface area contributed by atoms with E-state index in [1.165, 1.54) is 13.0 Å². The maximum atomic E-state index is 11.6. The molecule has 1 saturated heterocycles. The molecule has 0 radical (unpaired) electrons. The predicted octanol–water partition coefficient (Wildman–Crippen LogP) is 1.04. The molecule has 5 heteroatoms. The van der Waals surface area contributed by atoms with Gasteiger partial charge in [-0.05, 0) is 52.7 Å². The van der Waals surface area contributed by atoms with Gasteiger partial charge in [0.1, 0.15) is 0 Å². The molecule has 1 rings (SSSR count). The normalized spacial score (nSPS) is 23.9. The molecule has 21 heavy (non-hydrogen) atoms. The number of carbonyl (C=O) groups is 1. The third-order valence-corrected chi connectivity index (χ3v) is 4.84. The number of primary amides is 1. The Balaban J connectivity index is 2.29. The molecule has 5 nitrogen and oxygen atoms in total. The molecule has 0 aromatic rings. The summed E-state index contributed by atoms with van der Waals surface area (Å²) in [6.07, 6.45) is 4.21. The number of carbonyl (C=O) groups excluding carboxylic acids is 1. The van der Waals surface area contributed by atoms with Crippen LogP contribution in [0.3, 0.4) is 0 Å². The molecule has 3 N–H and O–H groups in total. The zero-order chi connectivity index (χ0) is 15.9. The van der Waals surface area contributed by atoms with Crippen molar-refractivity contribution in [2.45, 2.75) is 58.0 Å². The zero-order valence-corrected chi connectivity index (χ0v) is 14.3. The number of unbranched alkanes of at least 4 members (excludes halogenated alkanes) is 1. The van der Waals surface area contributed by atoms with Crippen LogP contribution in [-0.4, -0.2) is 67.1 Å². The van der Waals surface area contributed by atoms with Gasteiger partial charge in [0.2, 0.25) is 5.91 Å². The fourth-order valence-corrected chi connectivity index (χ4v) is 3.16. The van der Waals surface area contributed by atoms with E-state index >= 15 is 0 Å². The van der Waals surface area contributed by atoms with Gasteiger partial charge < -0.3 is 20.9 Å². The van der Waals surface area contributed by atoms with Crippen LogP contribution in [0.25, 0.3) is 0 Å². The number of likely N-dealkylation sites (N-methyl/N-ethyl adjacent to an activating group) is 2. The minimum Gasteiger partial charge on any atom is -0.368 e. The number of nitrogens with zero attached hydrogens (tertiary/aromatic N) is 2. The lowest BCUT2D eigenvalue weighted by atomic mass is 9.94. The van der Waals surface area contributed by atoms with Crippen molar-refractivity contribution in [1.82, 2.24) is 15.1 Å². The van der Waals surface area contributed by atoms with Gasteiger partial charge in [0.25, 0.3) is 0 Å². The van der Waals surface area contributed by atoms with E-state index in [2.05, 4.69) is 29.1 Å². The van der Waals surface area contributed by atoms with Crippen molar-refractivity contribution in [1.29, 1.82) is 0 Å². The summed E-state index contributed by atoms with van der Waals surface area (Å²) in [5.74, 6) is -0.241. The van der Waals surface area contributed by atoms with Crippen LogP contribution < -0.4 is 11.1 Å². The van der Waals surface area contributed by atoms with Gasteiger partial charge in [-0.3, -0.25) is 4.79 Å². The Morgan fingerprint density at radius 1 is 1.33 bits per heavy atom. The van der Waals surface area contributed by atoms with Crippen LogP contribution in [0, 0.1) is 0 Å². The molecule has 0 aromatic heterocycles. The lowest BCUT2D eigenvalue weighted by Crippen LogP contribution is -2.53. The highest BCUT2D eigenvalue weighted by atomic mass is 16.1. The molecular formula is C16H34N4O. The monoisotopic (exact) mass is 298 g/mol. The van der Waals surface area contributed by atoms with Crippen molar-refractivity contribution in [3.63, 3.8) is 0 Å². The quantitative estimate of drug-likeness (QED) is 0.624. The average Bonchev–Trinajstić information content (AvgIpc) is 2.45. The third-order valence-electron chi connectivity index (χ3n) is 4.84. The molecular weight excluding hydrogens is 264 g/mol. The number of hydrogen-bond donors (Lipinski definition) is 2. The lowest BCUT2D eigenvalue weighted by molar-refractivity contribution is -0.124. The molecule has 1 amide bonds. The van der Waals surface area contributed by atoms with Gasteiger partial charge >= 0.3 is 0 Å². The molecule has 124 valence electrons. The molecule has 1 fully saturated rings. The fraction of sp³-hybridized carbons (Fsp3) is 0.938. The third kappa shape index (κ3) is 5.57. The SMILES string of the molecule is CCNC(C)(CCCCN1CCN(C)C(CC)C1)C(N)=O. The van der Waals surface area contributed by atoms with E-state index < -0.39 is 5.54 Å². The summed E-state index contributed by atoms with van der Waals surface area (Å²) >= 11 is 0. The van der Waals surface area contributed by atoms with Crippen LogP contribution >= 0.6 is 0 Å². The summed E-state index contributed by atoms with van der Waals surface area (Å²) in [5, 5.41) is 3.22. The van der Waals surface area contributed by atoms with Gasteiger partial charge in [0.05, 0.1) is 5.54 Å². The molecule has 0 aromatic carbocycles. The standard InChI is InChI=1S/C16H34N4O/c1-5-14-13-20(12-11-19(14)4)10-8-7-9-16(3,15(17)21)18-6-2/h14,18H,5-13H2,1-4H3,(H2,17,21). The second-order valence-electron chi connectivity index (χ2n) is 6.53. The van der Waals surface area contributed by atoms with E-state index in [1.807, 2.05) is 13.8 Å². The van der Waals surface area contributed by atoms with E-state index in [0.29, 0.717) is 6.04 Å².